The van der Waals surface area contributed by atoms with Gasteiger partial charge in [0.15, 0.2) is 17.7 Å². The van der Waals surface area contributed by atoms with E-state index in [9.17, 15) is 44.4 Å². The topological polar surface area (TPSA) is 300 Å². The Morgan fingerprint density at radius 2 is 1.68 bits per heavy atom. The first-order valence-corrected chi connectivity index (χ1v) is 27.7. The van der Waals surface area contributed by atoms with Gasteiger partial charge in [0.1, 0.15) is 17.4 Å². The number of benzene rings is 2. The van der Waals surface area contributed by atoms with E-state index in [1.807, 2.05) is 23.1 Å². The molecule has 2 aromatic rings. The first-order chi connectivity index (χ1) is 37.1. The van der Waals surface area contributed by atoms with Crippen LogP contribution < -0.4 is 21.7 Å². The van der Waals surface area contributed by atoms with Crippen LogP contribution in [-0.4, -0.2) is 121 Å². The number of carbonyl (C=O) groups excluding carboxylic acids is 3. The first-order valence-electron chi connectivity index (χ1n) is 27.7. The molecule has 0 spiro atoms. The number of amidine groups is 1. The highest BCUT2D eigenvalue weighted by atomic mass is 16.4. The van der Waals surface area contributed by atoms with Crippen molar-refractivity contribution < 1.29 is 49.5 Å². The van der Waals surface area contributed by atoms with Crippen LogP contribution in [-0.2, 0) is 25.6 Å². The number of rotatable bonds is 10. The molecule has 4 fully saturated rings. The number of anilines is 1. The molecule has 2 aromatic carbocycles. The van der Waals surface area contributed by atoms with Gasteiger partial charge < -0.3 is 41.9 Å². The molecule has 2 heterocycles. The Morgan fingerprint density at radius 1 is 0.923 bits per heavy atom. The maximum Gasteiger partial charge on any atom is 0.326 e. The molecule has 10 N–H and O–H groups in total. The minimum atomic E-state index is -1.30. The van der Waals surface area contributed by atoms with Gasteiger partial charge in [-0.3, -0.25) is 34.4 Å². The molecule has 0 radical (unpaired) electrons. The van der Waals surface area contributed by atoms with E-state index < -0.39 is 41.1 Å². The standard InChI is InChI=1S/C20H25N7O6.C20H25NO2.C20H24O2/c1-27-12(9-23-16-15(27)18(31)26-20(21)25-16)8-22-11-4-2-10(3-5-11)17(30)24-13(19(32)33)6-7-14(28)29;1-19-8-6-16-15-5-3-14(22)12-13(15)2-4-17(16)18(19)7-9-20(19,23)10-11-21;1-3-20(22)11-9-18-17-6-4-13-12-14(21)5-7-15(13)16(17)8-10-19(18,20)2/h2-5,12-13,15,22H,6-9H2,1H3,(H,24,30)(H,28,29)(H,32,33)(H3,21,23,25,26,31);12,17-18,23H,2-10H2,1H3;1,5,7,12,16-18,21-22H,4,6,8-11H2,2H3/t12-,13-,15?;17-,18+,19+,20-;16-,17-,18+,19+,20+/m011/s1. The number of guanidine groups is 1. The minimum Gasteiger partial charge on any atom is -0.508 e. The molecule has 1 unspecified atom stereocenters. The second-order valence-electron chi connectivity index (χ2n) is 23.7. The lowest BCUT2D eigenvalue weighted by Crippen LogP contribution is -2.62. The maximum atomic E-state index is 12.3. The third-order valence-corrected chi connectivity index (χ3v) is 19.9. The van der Waals surface area contributed by atoms with Crippen molar-refractivity contribution >= 4 is 47.0 Å². The minimum absolute atomic E-state index is 0.0284. The van der Waals surface area contributed by atoms with E-state index in [1.54, 1.807) is 24.8 Å². The Labute approximate surface area is 455 Å². The van der Waals surface area contributed by atoms with Crippen LogP contribution in [0.15, 0.2) is 75.2 Å². The zero-order valence-electron chi connectivity index (χ0n) is 44.9. The molecule has 2 amide bonds. The highest BCUT2D eigenvalue weighted by molar-refractivity contribution is 6.19. The summed E-state index contributed by atoms with van der Waals surface area (Å²) in [5.74, 6) is 3.23. The molecule has 18 nitrogen and oxygen atoms in total. The van der Waals surface area contributed by atoms with Gasteiger partial charge in [-0.2, -0.15) is 10.3 Å². The number of aliphatic imine (C=N–C) groups is 2. The number of nitrogens with zero attached hydrogens (tertiary/aromatic N) is 4. The van der Waals surface area contributed by atoms with Gasteiger partial charge in [0.2, 0.25) is 5.96 Å². The molecule has 7 aliphatic carbocycles. The van der Waals surface area contributed by atoms with Gasteiger partial charge in [-0.25, -0.2) is 4.79 Å². The summed E-state index contributed by atoms with van der Waals surface area (Å²) in [7, 11) is 1.80. The monoisotopic (exact) mass is 1070 g/mol. The van der Waals surface area contributed by atoms with Crippen LogP contribution in [0.2, 0.25) is 0 Å². The van der Waals surface area contributed by atoms with Crippen LogP contribution >= 0.6 is 0 Å². The number of likely N-dealkylation sites (N-methyl/N-ethyl adjacent to an activating group) is 1. The lowest BCUT2D eigenvalue weighted by Gasteiger charge is -2.52. The number of carboxylic acids is 2. The highest BCUT2D eigenvalue weighted by Gasteiger charge is 2.62. The summed E-state index contributed by atoms with van der Waals surface area (Å²) in [6, 6.07) is 12.5. The number of phenols is 1. The van der Waals surface area contributed by atoms with Crippen molar-refractivity contribution in [2.45, 2.75) is 158 Å². The van der Waals surface area contributed by atoms with Crippen LogP contribution in [0.4, 0.5) is 5.69 Å². The Balaban J connectivity index is 0.000000146. The zero-order valence-corrected chi connectivity index (χ0v) is 44.9. The molecule has 0 saturated heterocycles. The third kappa shape index (κ3) is 10.5. The molecule has 4 saturated carbocycles. The molecule has 11 rings (SSSR count). The van der Waals surface area contributed by atoms with Crippen LogP contribution in [0.25, 0.3) is 0 Å². The Bertz CT molecular complexity index is 2960. The Morgan fingerprint density at radius 3 is 2.40 bits per heavy atom. The quantitative estimate of drug-likeness (QED) is 0.121. The van der Waals surface area contributed by atoms with Gasteiger partial charge in [-0.1, -0.05) is 31.4 Å². The largest absolute Gasteiger partial charge is 0.508 e. The summed E-state index contributed by atoms with van der Waals surface area (Å²) >= 11 is 0. The average Bonchev–Trinajstić information content (AvgIpc) is 3.88. The number of hydrogen-bond acceptors (Lipinski definition) is 14. The second kappa shape index (κ2) is 22.1. The van der Waals surface area contributed by atoms with Crippen LogP contribution in [0.1, 0.15) is 144 Å². The van der Waals surface area contributed by atoms with Crippen molar-refractivity contribution in [3.8, 4) is 24.2 Å². The van der Waals surface area contributed by atoms with Gasteiger partial charge >= 0.3 is 11.9 Å². The van der Waals surface area contributed by atoms with Crippen molar-refractivity contribution in [1.29, 1.82) is 5.26 Å². The van der Waals surface area contributed by atoms with Crippen LogP contribution in [0.3, 0.4) is 0 Å². The first kappa shape index (κ1) is 55.9. The van der Waals surface area contributed by atoms with Crippen molar-refractivity contribution in [3.05, 3.63) is 82.0 Å². The molecular formula is C60H74N8O10. The number of nitrogens with one attached hydrogen (secondary N) is 3. The number of aliphatic carboxylic acids is 2. The molecule has 9 aliphatic rings. The number of aryl methyl sites for hydroxylation is 1. The fraction of sp³-hybridized carbons (Fsp3) is 0.567. The number of fused-ring (bicyclic) bond motifs is 10. The lowest BCUT2D eigenvalue weighted by molar-refractivity contribution is -0.140. The molecule has 78 heavy (non-hydrogen) atoms. The number of carbonyl (C=O) groups is 5. The van der Waals surface area contributed by atoms with Gasteiger partial charge in [-0.05, 0) is 191 Å². The summed E-state index contributed by atoms with van der Waals surface area (Å²) in [4.78, 5) is 68.5. The van der Waals surface area contributed by atoms with Gasteiger partial charge in [0.25, 0.3) is 11.8 Å². The van der Waals surface area contributed by atoms with Crippen LogP contribution in [0, 0.1) is 58.2 Å². The smallest absolute Gasteiger partial charge is 0.326 e. The molecule has 0 aromatic heterocycles. The predicted octanol–water partition coefficient (Wildman–Crippen LogP) is 6.12. The fourth-order valence-corrected chi connectivity index (χ4v) is 15.4. The van der Waals surface area contributed by atoms with Gasteiger partial charge in [0.05, 0.1) is 24.6 Å². The van der Waals surface area contributed by atoms with Gasteiger partial charge in [0, 0.05) is 47.5 Å². The number of amides is 2. The predicted molar refractivity (Wildman–Crippen MR) is 292 cm³/mol. The molecule has 2 aliphatic heterocycles. The number of phenolic OH excluding ortho intramolecular Hbond substituents is 1. The normalized spacial score (nSPS) is 33.5. The number of aliphatic hydroxyl groups is 2. The van der Waals surface area contributed by atoms with Crippen molar-refractivity contribution in [1.82, 2.24) is 15.5 Å². The zero-order chi connectivity index (χ0) is 55.9. The van der Waals surface area contributed by atoms with E-state index in [4.69, 9.17) is 22.5 Å². The number of hydrogen-bond donors (Lipinski definition) is 9. The van der Waals surface area contributed by atoms with Crippen LogP contribution in [0.5, 0.6) is 5.75 Å². The van der Waals surface area contributed by atoms with E-state index in [0.29, 0.717) is 66.4 Å². The number of nitriles is 1. The molecule has 12 atom stereocenters. The van der Waals surface area contributed by atoms with E-state index >= 15 is 0 Å². The summed E-state index contributed by atoms with van der Waals surface area (Å²) in [6.07, 6.45) is 20.9. The summed E-state index contributed by atoms with van der Waals surface area (Å²) < 4.78 is 0. The Kier molecular flexibility index (Phi) is 15.8. The number of aromatic hydroxyl groups is 1. The fourth-order valence-electron chi connectivity index (χ4n) is 15.4. The Hall–Kier alpha value is -6.86. The number of terminal acetylenes is 1. The van der Waals surface area contributed by atoms with E-state index in [0.717, 1.165) is 83.5 Å². The number of allylic oxidation sites excluding steroid dienone is 4. The second-order valence-corrected chi connectivity index (χ2v) is 23.7. The van der Waals surface area contributed by atoms with E-state index in [2.05, 4.69) is 57.8 Å². The van der Waals surface area contributed by atoms with Crippen molar-refractivity contribution in [2.24, 2.45) is 50.2 Å². The molecule has 18 heteroatoms. The number of nitrogens with two attached hydrogens (primary N) is 1. The third-order valence-electron chi connectivity index (χ3n) is 19.9. The lowest BCUT2D eigenvalue weighted by atomic mass is 9.53. The molecular weight excluding hydrogens is 993 g/mol. The van der Waals surface area contributed by atoms with Gasteiger partial charge in [-0.15, -0.1) is 6.42 Å². The number of ketones is 1. The summed E-state index contributed by atoms with van der Waals surface area (Å²) in [5, 5.41) is 66.8. The molecule has 0 bridgehead atoms. The van der Waals surface area contributed by atoms with E-state index in [1.165, 1.54) is 34.4 Å². The van der Waals surface area contributed by atoms with Crippen molar-refractivity contribution in [2.75, 3.05) is 25.5 Å². The number of carboxylic acid groups (broad SMARTS) is 2. The van der Waals surface area contributed by atoms with E-state index in [-0.39, 0.29) is 59.3 Å². The highest BCUT2D eigenvalue weighted by Crippen LogP contribution is 2.65. The SMILES string of the molecule is C#C[C@]1(O)CC[C@H]2[C@@H]3CCc4cc(O)ccc4[C@H]3CC[C@@]21C.CN1C2C(=O)NC(N)=NC2=NC[C@@H]1CNc1ccc(C(=O)N[C@@H](CCC(=O)O)C(=O)O)cc1.C[C@]12CCC3=C4CCC(=O)C=C4CC[C@H]3[C@@H]1CC[C@@]2(O)CC#N. The molecule has 414 valence electrons. The summed E-state index contributed by atoms with van der Waals surface area (Å²) in [5.41, 5.74) is 11.6. The average molecular weight is 1070 g/mol. The maximum absolute atomic E-state index is 12.3. The van der Waals surface area contributed by atoms with Crippen molar-refractivity contribution in [3.63, 3.8) is 0 Å². The summed E-state index contributed by atoms with van der Waals surface area (Å²) in [6.45, 7) is 5.33.